The number of aromatic carboxylic acids is 1. The molecular formula is C14H10N2O5. The Labute approximate surface area is 118 Å². The van der Waals surface area contributed by atoms with Gasteiger partial charge in [-0.05, 0) is 24.3 Å². The quantitative estimate of drug-likeness (QED) is 0.769. The highest BCUT2D eigenvalue weighted by Gasteiger charge is 2.14. The summed E-state index contributed by atoms with van der Waals surface area (Å²) < 4.78 is 15.9. The number of rotatable bonds is 5. The number of benzene rings is 1. The number of para-hydroxylation sites is 1. The van der Waals surface area contributed by atoms with E-state index in [9.17, 15) is 4.79 Å². The molecule has 106 valence electrons. The van der Waals surface area contributed by atoms with Crippen molar-refractivity contribution in [1.82, 2.24) is 10.2 Å². The molecule has 0 bridgehead atoms. The number of carbonyl (C=O) groups is 1. The van der Waals surface area contributed by atoms with Crippen LogP contribution in [0, 0.1) is 0 Å². The molecule has 0 amide bonds. The summed E-state index contributed by atoms with van der Waals surface area (Å²) in [5.41, 5.74) is 0.0725. The molecular weight excluding hydrogens is 276 g/mol. The first-order valence-electron chi connectivity index (χ1n) is 6.05. The number of hydrogen-bond acceptors (Lipinski definition) is 6. The third kappa shape index (κ3) is 2.76. The lowest BCUT2D eigenvalue weighted by Gasteiger charge is -2.06. The first kappa shape index (κ1) is 12.9. The number of carboxylic acid groups (broad SMARTS) is 1. The Hall–Kier alpha value is -3.09. The van der Waals surface area contributed by atoms with Crippen LogP contribution < -0.4 is 4.74 Å². The maximum Gasteiger partial charge on any atom is 0.339 e. The Balaban J connectivity index is 1.73. The summed E-state index contributed by atoms with van der Waals surface area (Å²) in [6.45, 7) is -0.0298. The Bertz CT molecular complexity index is 748. The van der Waals surface area contributed by atoms with Crippen LogP contribution in [0.15, 0.2) is 51.5 Å². The molecule has 0 atom stereocenters. The lowest BCUT2D eigenvalue weighted by molar-refractivity contribution is 0.0691. The molecule has 7 heteroatoms. The molecule has 0 saturated carbocycles. The minimum atomic E-state index is -1.06. The predicted molar refractivity (Wildman–Crippen MR) is 69.7 cm³/mol. The van der Waals surface area contributed by atoms with Gasteiger partial charge in [0.25, 0.3) is 11.8 Å². The van der Waals surface area contributed by atoms with Gasteiger partial charge in [-0.3, -0.25) is 0 Å². The first-order chi connectivity index (χ1) is 10.2. The van der Waals surface area contributed by atoms with Crippen LogP contribution in [-0.2, 0) is 6.61 Å². The molecule has 2 heterocycles. The molecule has 0 aliphatic carbocycles. The molecule has 1 N–H and O–H groups in total. The van der Waals surface area contributed by atoms with Crippen LogP contribution in [0.5, 0.6) is 5.75 Å². The smallest absolute Gasteiger partial charge is 0.339 e. The molecule has 0 aliphatic rings. The largest absolute Gasteiger partial charge is 0.483 e. The van der Waals surface area contributed by atoms with Crippen LogP contribution in [0.4, 0.5) is 0 Å². The van der Waals surface area contributed by atoms with Crippen LogP contribution in [0.2, 0.25) is 0 Å². The minimum Gasteiger partial charge on any atom is -0.483 e. The monoisotopic (exact) mass is 286 g/mol. The van der Waals surface area contributed by atoms with Crippen molar-refractivity contribution in [2.24, 2.45) is 0 Å². The van der Waals surface area contributed by atoms with E-state index in [0.29, 0.717) is 5.76 Å². The second-order valence-electron chi connectivity index (χ2n) is 4.07. The molecule has 7 nitrogen and oxygen atoms in total. The predicted octanol–water partition coefficient (Wildman–Crippen LogP) is 2.61. The van der Waals surface area contributed by atoms with E-state index < -0.39 is 5.97 Å². The van der Waals surface area contributed by atoms with Crippen molar-refractivity contribution in [2.45, 2.75) is 6.61 Å². The van der Waals surface area contributed by atoms with Gasteiger partial charge in [0.15, 0.2) is 12.4 Å². The van der Waals surface area contributed by atoms with Crippen LogP contribution >= 0.6 is 0 Å². The molecule has 0 fully saturated rings. The molecule has 3 aromatic rings. The van der Waals surface area contributed by atoms with Gasteiger partial charge >= 0.3 is 5.97 Å². The van der Waals surface area contributed by atoms with Crippen molar-refractivity contribution in [3.63, 3.8) is 0 Å². The molecule has 2 aromatic heterocycles. The summed E-state index contributed by atoms with van der Waals surface area (Å²) >= 11 is 0. The first-order valence-corrected chi connectivity index (χ1v) is 6.05. The van der Waals surface area contributed by atoms with Crippen LogP contribution in [0.1, 0.15) is 16.2 Å². The number of aromatic nitrogens is 2. The van der Waals surface area contributed by atoms with Gasteiger partial charge in [0, 0.05) is 0 Å². The standard InChI is InChI=1S/C14H10N2O5/c17-14(18)9-4-1-2-5-10(9)20-8-12-15-16-13(21-12)11-6-3-7-19-11/h1-7H,8H2,(H,17,18). The highest BCUT2D eigenvalue weighted by atomic mass is 16.5. The highest BCUT2D eigenvalue weighted by molar-refractivity contribution is 5.90. The molecule has 0 saturated heterocycles. The fourth-order valence-corrected chi connectivity index (χ4v) is 1.72. The molecule has 0 aliphatic heterocycles. The number of nitrogens with zero attached hydrogens (tertiary/aromatic N) is 2. The van der Waals surface area contributed by atoms with Gasteiger partial charge in [-0.1, -0.05) is 12.1 Å². The van der Waals surface area contributed by atoms with E-state index in [1.165, 1.54) is 12.3 Å². The fraction of sp³-hybridized carbons (Fsp3) is 0.0714. The van der Waals surface area contributed by atoms with E-state index in [0.717, 1.165) is 0 Å². The van der Waals surface area contributed by atoms with Gasteiger partial charge in [0.1, 0.15) is 11.3 Å². The summed E-state index contributed by atoms with van der Waals surface area (Å²) in [5.74, 6) is 0.0987. The van der Waals surface area contributed by atoms with Crippen LogP contribution in [0.25, 0.3) is 11.7 Å². The van der Waals surface area contributed by atoms with Gasteiger partial charge in [-0.25, -0.2) is 4.79 Å². The van der Waals surface area contributed by atoms with Crippen molar-refractivity contribution in [1.29, 1.82) is 0 Å². The summed E-state index contributed by atoms with van der Waals surface area (Å²) in [6, 6.07) is 9.73. The summed E-state index contributed by atoms with van der Waals surface area (Å²) in [6.07, 6.45) is 1.50. The molecule has 1 aromatic carbocycles. The van der Waals surface area contributed by atoms with Gasteiger partial charge in [0.05, 0.1) is 6.26 Å². The van der Waals surface area contributed by atoms with Crippen LogP contribution in [0.3, 0.4) is 0 Å². The maximum absolute atomic E-state index is 11.0. The average Bonchev–Trinajstić information content (AvgIpc) is 3.16. The third-order valence-corrected chi connectivity index (χ3v) is 2.67. The minimum absolute atomic E-state index is 0.0298. The van der Waals surface area contributed by atoms with E-state index in [4.69, 9.17) is 18.7 Å². The van der Waals surface area contributed by atoms with E-state index in [-0.39, 0.29) is 29.7 Å². The second kappa shape index (κ2) is 5.49. The Morgan fingerprint density at radius 2 is 2.05 bits per heavy atom. The zero-order valence-corrected chi connectivity index (χ0v) is 10.7. The molecule has 0 spiro atoms. The molecule has 0 unspecified atom stereocenters. The van der Waals surface area contributed by atoms with Crippen molar-refractivity contribution < 1.29 is 23.5 Å². The van der Waals surface area contributed by atoms with Crippen molar-refractivity contribution >= 4 is 5.97 Å². The number of ether oxygens (including phenoxy) is 1. The van der Waals surface area contributed by atoms with E-state index in [1.54, 1.807) is 30.3 Å². The van der Waals surface area contributed by atoms with E-state index in [2.05, 4.69) is 10.2 Å². The Kier molecular flexibility index (Phi) is 3.38. The van der Waals surface area contributed by atoms with Gasteiger partial charge in [-0.2, -0.15) is 0 Å². The fourth-order valence-electron chi connectivity index (χ4n) is 1.72. The lowest BCUT2D eigenvalue weighted by Crippen LogP contribution is -2.03. The molecule has 0 radical (unpaired) electrons. The van der Waals surface area contributed by atoms with Crippen molar-refractivity contribution in [3.8, 4) is 17.4 Å². The third-order valence-electron chi connectivity index (χ3n) is 2.67. The van der Waals surface area contributed by atoms with E-state index in [1.807, 2.05) is 0 Å². The SMILES string of the molecule is O=C(O)c1ccccc1OCc1nnc(-c2ccco2)o1. The van der Waals surface area contributed by atoms with Gasteiger partial charge in [-0.15, -0.1) is 10.2 Å². The zero-order chi connectivity index (χ0) is 14.7. The van der Waals surface area contributed by atoms with Crippen molar-refractivity contribution in [2.75, 3.05) is 0 Å². The normalized spacial score (nSPS) is 10.5. The highest BCUT2D eigenvalue weighted by Crippen LogP contribution is 2.21. The number of hydrogen-bond donors (Lipinski definition) is 1. The summed E-state index contributed by atoms with van der Waals surface area (Å²) in [4.78, 5) is 11.0. The summed E-state index contributed by atoms with van der Waals surface area (Å²) in [7, 11) is 0. The zero-order valence-electron chi connectivity index (χ0n) is 10.7. The van der Waals surface area contributed by atoms with Crippen molar-refractivity contribution in [3.05, 3.63) is 54.1 Å². The number of carboxylic acids is 1. The van der Waals surface area contributed by atoms with Crippen LogP contribution in [-0.4, -0.2) is 21.3 Å². The molecule has 3 rings (SSSR count). The molecule has 21 heavy (non-hydrogen) atoms. The Morgan fingerprint density at radius 3 is 2.81 bits per heavy atom. The maximum atomic E-state index is 11.0. The second-order valence-corrected chi connectivity index (χ2v) is 4.07. The topological polar surface area (TPSA) is 98.6 Å². The van der Waals surface area contributed by atoms with Gasteiger partial charge in [0.2, 0.25) is 0 Å². The Morgan fingerprint density at radius 1 is 1.19 bits per heavy atom. The lowest BCUT2D eigenvalue weighted by atomic mass is 10.2. The number of furan rings is 1. The summed E-state index contributed by atoms with van der Waals surface area (Å²) in [5, 5.41) is 16.7. The van der Waals surface area contributed by atoms with E-state index >= 15 is 0 Å². The average molecular weight is 286 g/mol. The van der Waals surface area contributed by atoms with Gasteiger partial charge < -0.3 is 18.7 Å².